The summed E-state index contributed by atoms with van der Waals surface area (Å²) in [7, 11) is 0. The standard InChI is InChI=1S/C31H32FN5O2/c1-18-9-25-24(7-8-34-30(25)33)19(2)26(18)12-35-31(39)27-16-36(17-28(27)32)13-21-5-3-20(4-6-21)10-29(38)37-14-22-11-23(22)15-37/h3-9,16-17,22-23H,10-15H2,1-2H3,(H2,33,34)(H,35,39). The Morgan fingerprint density at radius 1 is 1.05 bits per heavy atom. The normalized spacial score (nSPS) is 17.9. The van der Waals surface area contributed by atoms with E-state index in [0.29, 0.717) is 18.8 Å². The van der Waals surface area contributed by atoms with Crippen LogP contribution in [0.5, 0.6) is 0 Å². The van der Waals surface area contributed by atoms with Crippen LogP contribution in [-0.2, 0) is 24.3 Å². The molecular weight excluding hydrogens is 493 g/mol. The third-order valence-electron chi connectivity index (χ3n) is 8.29. The van der Waals surface area contributed by atoms with E-state index in [1.54, 1.807) is 10.8 Å². The number of carbonyl (C=O) groups excluding carboxylic acids is 2. The largest absolute Gasteiger partial charge is 0.383 e. The minimum atomic E-state index is -0.566. The molecule has 2 fully saturated rings. The van der Waals surface area contributed by atoms with Crippen molar-refractivity contribution in [1.82, 2.24) is 19.8 Å². The van der Waals surface area contributed by atoms with Crippen molar-refractivity contribution in [2.75, 3.05) is 18.8 Å². The first-order valence-corrected chi connectivity index (χ1v) is 13.4. The van der Waals surface area contributed by atoms with Crippen molar-refractivity contribution < 1.29 is 14.0 Å². The number of hydrogen-bond donors (Lipinski definition) is 2. The number of aryl methyl sites for hydroxylation is 2. The third kappa shape index (κ3) is 4.99. The zero-order valence-electron chi connectivity index (χ0n) is 22.2. The average Bonchev–Trinajstić information content (AvgIpc) is 3.33. The van der Waals surface area contributed by atoms with Crippen LogP contribution in [0.1, 0.15) is 44.6 Å². The number of nitrogen functional groups attached to an aromatic ring is 1. The number of fused-ring (bicyclic) bond motifs is 2. The van der Waals surface area contributed by atoms with Crippen molar-refractivity contribution in [1.29, 1.82) is 0 Å². The quantitative estimate of drug-likeness (QED) is 0.375. The molecule has 2 atom stereocenters. The molecule has 0 bridgehead atoms. The number of pyridine rings is 1. The molecule has 3 heterocycles. The molecule has 1 saturated heterocycles. The van der Waals surface area contributed by atoms with Crippen LogP contribution in [0.15, 0.2) is 55.0 Å². The molecule has 1 aliphatic carbocycles. The average molecular weight is 526 g/mol. The summed E-state index contributed by atoms with van der Waals surface area (Å²) in [4.78, 5) is 31.6. The summed E-state index contributed by atoms with van der Waals surface area (Å²) in [6.07, 6.45) is 6.23. The van der Waals surface area contributed by atoms with E-state index in [-0.39, 0.29) is 18.0 Å². The van der Waals surface area contributed by atoms with Crippen molar-refractivity contribution in [3.8, 4) is 0 Å². The molecule has 200 valence electrons. The topological polar surface area (TPSA) is 93.2 Å². The minimum Gasteiger partial charge on any atom is -0.383 e. The fourth-order valence-corrected chi connectivity index (χ4v) is 5.87. The molecule has 2 aromatic heterocycles. The first-order chi connectivity index (χ1) is 18.8. The monoisotopic (exact) mass is 525 g/mol. The van der Waals surface area contributed by atoms with E-state index >= 15 is 0 Å². The van der Waals surface area contributed by atoms with E-state index < -0.39 is 11.7 Å². The summed E-state index contributed by atoms with van der Waals surface area (Å²) in [5.74, 6) is 1.09. The number of aromatic nitrogens is 2. The highest BCUT2D eigenvalue weighted by atomic mass is 19.1. The van der Waals surface area contributed by atoms with Crippen molar-refractivity contribution in [3.63, 3.8) is 0 Å². The summed E-state index contributed by atoms with van der Waals surface area (Å²) in [5.41, 5.74) is 10.9. The van der Waals surface area contributed by atoms with Crippen LogP contribution in [0, 0.1) is 31.5 Å². The van der Waals surface area contributed by atoms with Crippen molar-refractivity contribution in [2.24, 2.45) is 11.8 Å². The number of piperidine rings is 1. The Kier molecular flexibility index (Phi) is 6.33. The number of hydrogen-bond acceptors (Lipinski definition) is 4. The van der Waals surface area contributed by atoms with Gasteiger partial charge < -0.3 is 20.5 Å². The molecule has 3 N–H and O–H groups in total. The summed E-state index contributed by atoms with van der Waals surface area (Å²) < 4.78 is 16.4. The maximum Gasteiger partial charge on any atom is 0.256 e. The van der Waals surface area contributed by atoms with Crippen LogP contribution in [0.3, 0.4) is 0 Å². The number of nitrogens with two attached hydrogens (primary N) is 1. The molecule has 7 nitrogen and oxygen atoms in total. The summed E-state index contributed by atoms with van der Waals surface area (Å²) in [5, 5.41) is 4.74. The first kappa shape index (κ1) is 25.1. The molecule has 2 amide bonds. The molecule has 2 aromatic carbocycles. The van der Waals surface area contributed by atoms with Gasteiger partial charge in [0.1, 0.15) is 5.82 Å². The Hall–Kier alpha value is -4.20. The van der Waals surface area contributed by atoms with Gasteiger partial charge in [-0.3, -0.25) is 9.59 Å². The lowest BCUT2D eigenvalue weighted by Gasteiger charge is -2.17. The first-order valence-electron chi connectivity index (χ1n) is 13.4. The maximum atomic E-state index is 14.7. The molecule has 2 aliphatic rings. The van der Waals surface area contributed by atoms with Crippen LogP contribution in [-0.4, -0.2) is 39.4 Å². The lowest BCUT2D eigenvalue weighted by atomic mass is 9.96. The molecule has 1 saturated carbocycles. The highest BCUT2D eigenvalue weighted by Crippen LogP contribution is 2.44. The van der Waals surface area contributed by atoms with E-state index in [2.05, 4.69) is 10.3 Å². The lowest BCUT2D eigenvalue weighted by Crippen LogP contribution is -2.31. The zero-order chi connectivity index (χ0) is 27.3. The zero-order valence-corrected chi connectivity index (χ0v) is 22.2. The van der Waals surface area contributed by atoms with E-state index in [9.17, 15) is 14.0 Å². The highest BCUT2D eigenvalue weighted by Gasteiger charge is 2.46. The van der Waals surface area contributed by atoms with E-state index in [4.69, 9.17) is 5.73 Å². The number of anilines is 1. The number of nitrogens with one attached hydrogen (secondary N) is 1. The summed E-state index contributed by atoms with van der Waals surface area (Å²) in [6.45, 7) is 6.47. The second-order valence-corrected chi connectivity index (χ2v) is 11.0. The van der Waals surface area contributed by atoms with Crippen LogP contribution >= 0.6 is 0 Å². The van der Waals surface area contributed by atoms with Gasteiger partial charge in [0.2, 0.25) is 5.91 Å². The fraction of sp³-hybridized carbons (Fsp3) is 0.323. The van der Waals surface area contributed by atoms with Gasteiger partial charge in [-0.05, 0) is 77.4 Å². The predicted molar refractivity (Wildman–Crippen MR) is 149 cm³/mol. The Morgan fingerprint density at radius 2 is 1.77 bits per heavy atom. The number of likely N-dealkylation sites (tertiary alicyclic amines) is 1. The predicted octanol–water partition coefficient (Wildman–Crippen LogP) is 4.37. The van der Waals surface area contributed by atoms with Crippen molar-refractivity contribution in [2.45, 2.75) is 39.8 Å². The number of benzene rings is 2. The molecule has 39 heavy (non-hydrogen) atoms. The Bertz CT molecular complexity index is 1580. The van der Waals surface area contributed by atoms with Gasteiger partial charge in [-0.1, -0.05) is 24.3 Å². The van der Waals surface area contributed by atoms with Crippen LogP contribution < -0.4 is 11.1 Å². The Balaban J connectivity index is 1.08. The van der Waals surface area contributed by atoms with Gasteiger partial charge in [0.15, 0.2) is 5.82 Å². The minimum absolute atomic E-state index is 0.00502. The van der Waals surface area contributed by atoms with Gasteiger partial charge in [0.25, 0.3) is 5.91 Å². The molecule has 1 aliphatic heterocycles. The molecule has 2 unspecified atom stereocenters. The second kappa shape index (κ2) is 9.84. The third-order valence-corrected chi connectivity index (χ3v) is 8.29. The maximum absolute atomic E-state index is 14.7. The lowest BCUT2D eigenvalue weighted by molar-refractivity contribution is -0.129. The van der Waals surface area contributed by atoms with Crippen LogP contribution in [0.2, 0.25) is 0 Å². The van der Waals surface area contributed by atoms with Gasteiger partial charge in [-0.2, -0.15) is 0 Å². The molecule has 4 aromatic rings. The van der Waals surface area contributed by atoms with Crippen molar-refractivity contribution in [3.05, 3.63) is 94.2 Å². The fourth-order valence-electron chi connectivity index (χ4n) is 5.87. The number of halogens is 1. The van der Waals surface area contributed by atoms with Gasteiger partial charge in [-0.25, -0.2) is 9.37 Å². The van der Waals surface area contributed by atoms with E-state index in [0.717, 1.165) is 63.5 Å². The second-order valence-electron chi connectivity index (χ2n) is 11.0. The number of carbonyl (C=O) groups is 2. The number of amides is 2. The van der Waals surface area contributed by atoms with Gasteiger partial charge in [-0.15, -0.1) is 0 Å². The molecule has 0 radical (unpaired) electrons. The summed E-state index contributed by atoms with van der Waals surface area (Å²) in [6, 6.07) is 11.7. The molecule has 8 heteroatoms. The van der Waals surface area contributed by atoms with Crippen LogP contribution in [0.4, 0.5) is 10.2 Å². The van der Waals surface area contributed by atoms with E-state index in [1.807, 2.05) is 55.1 Å². The highest BCUT2D eigenvalue weighted by molar-refractivity contribution is 5.96. The number of rotatable bonds is 7. The Morgan fingerprint density at radius 3 is 2.51 bits per heavy atom. The van der Waals surface area contributed by atoms with E-state index in [1.165, 1.54) is 18.8 Å². The van der Waals surface area contributed by atoms with Crippen LogP contribution in [0.25, 0.3) is 10.8 Å². The number of nitrogens with zero attached hydrogens (tertiary/aromatic N) is 3. The molecule has 0 spiro atoms. The van der Waals surface area contributed by atoms with Gasteiger partial charge in [0, 0.05) is 50.2 Å². The van der Waals surface area contributed by atoms with Gasteiger partial charge >= 0.3 is 0 Å². The van der Waals surface area contributed by atoms with Gasteiger partial charge in [0.05, 0.1) is 12.0 Å². The Labute approximate surface area is 226 Å². The molecule has 6 rings (SSSR count). The summed E-state index contributed by atoms with van der Waals surface area (Å²) >= 11 is 0. The molecular formula is C31H32FN5O2. The SMILES string of the molecule is Cc1cc2c(N)nccc2c(C)c1CNC(=O)c1cn(Cc2ccc(CC(=O)N3CC4CC4C3)cc2)cc1F. The van der Waals surface area contributed by atoms with Crippen molar-refractivity contribution >= 4 is 28.4 Å². The smallest absolute Gasteiger partial charge is 0.256 e.